The van der Waals surface area contributed by atoms with Gasteiger partial charge >= 0.3 is 6.03 Å². The van der Waals surface area contributed by atoms with Crippen LogP contribution < -0.4 is 15.5 Å². The molecule has 0 bridgehead atoms. The Morgan fingerprint density at radius 3 is 3.26 bits per heavy atom. The van der Waals surface area contributed by atoms with Crippen molar-refractivity contribution >= 4 is 38.5 Å². The lowest BCUT2D eigenvalue weighted by Crippen LogP contribution is -2.34. The number of pyridine rings is 1. The number of hydrogen-bond donors (Lipinski definition) is 2. The summed E-state index contributed by atoms with van der Waals surface area (Å²) < 4.78 is 0.854. The van der Waals surface area contributed by atoms with Crippen LogP contribution in [-0.2, 0) is 0 Å². The molecular formula is C15H18N6OS. The van der Waals surface area contributed by atoms with E-state index in [2.05, 4.69) is 31.6 Å². The van der Waals surface area contributed by atoms with Crippen molar-refractivity contribution in [2.75, 3.05) is 29.9 Å². The van der Waals surface area contributed by atoms with Gasteiger partial charge in [0.2, 0.25) is 0 Å². The molecule has 1 saturated heterocycles. The Bertz CT molecular complexity index is 752. The highest BCUT2D eigenvalue weighted by Gasteiger charge is 2.23. The smallest absolute Gasteiger partial charge is 0.320 e. The molecule has 0 aliphatic carbocycles. The van der Waals surface area contributed by atoms with Crippen LogP contribution in [0.25, 0.3) is 10.2 Å². The first-order valence-corrected chi connectivity index (χ1v) is 8.48. The van der Waals surface area contributed by atoms with Gasteiger partial charge in [-0.15, -0.1) is 0 Å². The first kappa shape index (κ1) is 15.5. The van der Waals surface area contributed by atoms with E-state index in [9.17, 15) is 4.79 Å². The fourth-order valence-corrected chi connectivity index (χ4v) is 3.68. The predicted molar refractivity (Wildman–Crippen MR) is 90.7 cm³/mol. The zero-order chi connectivity index (χ0) is 16.2. The monoisotopic (exact) mass is 330 g/mol. The van der Waals surface area contributed by atoms with Gasteiger partial charge in [0.05, 0.1) is 22.2 Å². The Kier molecular flexibility index (Phi) is 4.57. The zero-order valence-corrected chi connectivity index (χ0v) is 13.7. The number of urea groups is 1. The highest BCUT2D eigenvalue weighted by Crippen LogP contribution is 2.34. The van der Waals surface area contributed by atoms with Gasteiger partial charge in [0.25, 0.3) is 0 Å². The van der Waals surface area contributed by atoms with Crippen molar-refractivity contribution in [1.29, 1.82) is 5.26 Å². The summed E-state index contributed by atoms with van der Waals surface area (Å²) in [6, 6.07) is 3.91. The Balaban J connectivity index is 1.87. The minimum absolute atomic E-state index is 0.0572. The molecule has 7 nitrogen and oxygen atoms in total. The molecule has 1 fully saturated rings. The van der Waals surface area contributed by atoms with Crippen molar-refractivity contribution in [1.82, 2.24) is 15.3 Å². The molecular weight excluding hydrogens is 312 g/mol. The third-order valence-electron chi connectivity index (χ3n) is 3.74. The number of thiazole rings is 1. The molecule has 0 spiro atoms. The summed E-state index contributed by atoms with van der Waals surface area (Å²) in [5, 5.41) is 15.5. The molecule has 3 rings (SSSR count). The third-order valence-corrected chi connectivity index (χ3v) is 4.88. The molecule has 2 aromatic heterocycles. The van der Waals surface area contributed by atoms with Crippen LogP contribution in [-0.4, -0.2) is 35.6 Å². The third kappa shape index (κ3) is 3.35. The van der Waals surface area contributed by atoms with Crippen molar-refractivity contribution in [2.45, 2.75) is 19.8 Å². The predicted octanol–water partition coefficient (Wildman–Crippen LogP) is 2.57. The van der Waals surface area contributed by atoms with E-state index >= 15 is 0 Å². The van der Waals surface area contributed by atoms with Crippen LogP contribution in [0.2, 0.25) is 0 Å². The molecule has 1 aliphatic rings. The Hall–Kier alpha value is -2.40. The normalized spacial score (nSPS) is 17.7. The number of hydrogen-bond acceptors (Lipinski definition) is 6. The maximum atomic E-state index is 11.7. The molecule has 0 radical (unpaired) electrons. The number of carbonyl (C=O) groups excluding carboxylic acids is 1. The molecule has 1 aliphatic heterocycles. The van der Waals surface area contributed by atoms with Gasteiger partial charge in [-0.3, -0.25) is 5.32 Å². The molecule has 1 atom stereocenters. The SMILES string of the molecule is CCNC(=O)Nc1nccc2nc(N3CCCC(C#N)C3)sc12. The lowest BCUT2D eigenvalue weighted by Gasteiger charge is -2.28. The van der Waals surface area contributed by atoms with Crippen LogP contribution in [0.5, 0.6) is 0 Å². The second kappa shape index (κ2) is 6.79. The van der Waals surface area contributed by atoms with E-state index in [4.69, 9.17) is 5.26 Å². The van der Waals surface area contributed by atoms with E-state index in [1.807, 2.05) is 13.0 Å². The molecule has 2 amide bonds. The minimum Gasteiger partial charge on any atom is -0.347 e. The number of amides is 2. The van der Waals surface area contributed by atoms with Gasteiger partial charge in [0, 0.05) is 25.8 Å². The molecule has 2 aromatic rings. The number of nitrogens with one attached hydrogen (secondary N) is 2. The van der Waals surface area contributed by atoms with Crippen LogP contribution in [0.15, 0.2) is 12.3 Å². The Morgan fingerprint density at radius 2 is 2.48 bits per heavy atom. The van der Waals surface area contributed by atoms with Gasteiger partial charge in [-0.05, 0) is 25.8 Å². The summed E-state index contributed by atoms with van der Waals surface area (Å²) in [4.78, 5) is 22.8. The topological polar surface area (TPSA) is 93.9 Å². The first-order valence-electron chi connectivity index (χ1n) is 7.66. The number of rotatable bonds is 3. The van der Waals surface area contributed by atoms with Crippen molar-refractivity contribution in [2.24, 2.45) is 5.92 Å². The van der Waals surface area contributed by atoms with Gasteiger partial charge in [0.1, 0.15) is 0 Å². The highest BCUT2D eigenvalue weighted by atomic mass is 32.1. The molecule has 2 N–H and O–H groups in total. The van der Waals surface area contributed by atoms with Crippen molar-refractivity contribution in [3.8, 4) is 6.07 Å². The largest absolute Gasteiger partial charge is 0.347 e. The first-order chi connectivity index (χ1) is 11.2. The maximum Gasteiger partial charge on any atom is 0.320 e. The van der Waals surface area contributed by atoms with Crippen LogP contribution in [0, 0.1) is 17.2 Å². The summed E-state index contributed by atoms with van der Waals surface area (Å²) >= 11 is 1.50. The number of piperidine rings is 1. The summed E-state index contributed by atoms with van der Waals surface area (Å²) in [5.41, 5.74) is 0.811. The Labute approximate surface area is 138 Å². The van der Waals surface area contributed by atoms with Gasteiger partial charge in [0.15, 0.2) is 10.9 Å². The fraction of sp³-hybridized carbons (Fsp3) is 0.467. The maximum absolute atomic E-state index is 11.7. The standard InChI is InChI=1S/C15H18N6OS/c1-2-17-14(22)20-13-12-11(5-6-18-13)19-15(23-12)21-7-3-4-10(8-16)9-21/h5-6,10H,2-4,7,9H2,1H3,(H2,17,18,20,22). The number of nitrogens with zero attached hydrogens (tertiary/aromatic N) is 4. The van der Waals surface area contributed by atoms with E-state index in [1.54, 1.807) is 6.20 Å². The van der Waals surface area contributed by atoms with Crippen LogP contribution in [0.3, 0.4) is 0 Å². The van der Waals surface area contributed by atoms with E-state index in [1.165, 1.54) is 11.3 Å². The van der Waals surface area contributed by atoms with E-state index in [0.717, 1.165) is 34.7 Å². The average molecular weight is 330 g/mol. The van der Waals surface area contributed by atoms with Crippen molar-refractivity contribution < 1.29 is 4.79 Å². The lowest BCUT2D eigenvalue weighted by atomic mass is 10.0. The fourth-order valence-electron chi connectivity index (χ4n) is 2.64. The number of fused-ring (bicyclic) bond motifs is 1. The number of carbonyl (C=O) groups is 1. The zero-order valence-electron chi connectivity index (χ0n) is 12.9. The summed E-state index contributed by atoms with van der Waals surface area (Å²) in [5.74, 6) is 0.577. The van der Waals surface area contributed by atoms with Crippen LogP contribution in [0.4, 0.5) is 15.7 Å². The summed E-state index contributed by atoms with van der Waals surface area (Å²) in [6.07, 6.45) is 3.58. The molecule has 0 aromatic carbocycles. The molecule has 0 saturated carbocycles. The average Bonchev–Trinajstić information content (AvgIpc) is 3.00. The quantitative estimate of drug-likeness (QED) is 0.902. The number of nitriles is 1. The van der Waals surface area contributed by atoms with E-state index in [-0.39, 0.29) is 11.9 Å². The van der Waals surface area contributed by atoms with Gasteiger partial charge < -0.3 is 10.2 Å². The van der Waals surface area contributed by atoms with Crippen LogP contribution >= 0.6 is 11.3 Å². The minimum atomic E-state index is -0.273. The number of aromatic nitrogens is 2. The van der Waals surface area contributed by atoms with Gasteiger partial charge in [-0.25, -0.2) is 14.8 Å². The van der Waals surface area contributed by atoms with Crippen molar-refractivity contribution in [3.63, 3.8) is 0 Å². The summed E-state index contributed by atoms with van der Waals surface area (Å²) in [6.45, 7) is 4.03. The molecule has 3 heterocycles. The number of anilines is 2. The van der Waals surface area contributed by atoms with Crippen molar-refractivity contribution in [3.05, 3.63) is 12.3 Å². The lowest BCUT2D eigenvalue weighted by molar-refractivity contribution is 0.252. The van der Waals surface area contributed by atoms with E-state index < -0.39 is 0 Å². The molecule has 8 heteroatoms. The van der Waals surface area contributed by atoms with Gasteiger partial charge in [-0.1, -0.05) is 11.3 Å². The molecule has 120 valence electrons. The van der Waals surface area contributed by atoms with Crippen LogP contribution in [0.1, 0.15) is 19.8 Å². The van der Waals surface area contributed by atoms with Gasteiger partial charge in [-0.2, -0.15) is 5.26 Å². The molecule has 23 heavy (non-hydrogen) atoms. The second-order valence-corrected chi connectivity index (χ2v) is 6.38. The summed E-state index contributed by atoms with van der Waals surface area (Å²) in [7, 11) is 0. The van der Waals surface area contributed by atoms with E-state index in [0.29, 0.717) is 18.9 Å². The Morgan fingerprint density at radius 1 is 1.61 bits per heavy atom. The molecule has 1 unspecified atom stereocenters. The highest BCUT2D eigenvalue weighted by molar-refractivity contribution is 7.22. The second-order valence-electron chi connectivity index (χ2n) is 5.40.